The number of benzene rings is 1. The molecule has 0 amide bonds. The zero-order chi connectivity index (χ0) is 20.5. The van der Waals surface area contributed by atoms with E-state index in [1.165, 1.54) is 32.6 Å². The highest BCUT2D eigenvalue weighted by atomic mass is 16.3. The van der Waals surface area contributed by atoms with Gasteiger partial charge in [0.25, 0.3) is 0 Å². The minimum absolute atomic E-state index is 0.362. The number of aliphatic imine (C=N–C) groups is 1. The van der Waals surface area contributed by atoms with Crippen molar-refractivity contribution in [1.82, 2.24) is 20.0 Å². The monoisotopic (exact) mass is 402 g/mol. The van der Waals surface area contributed by atoms with E-state index >= 15 is 0 Å². The number of aromatic hydroxyl groups is 1. The SMILES string of the molecule is CCNC(=NCCCN1CCCN(C)CC1)N1CCN(c2ccccc2O)CC1. The van der Waals surface area contributed by atoms with Gasteiger partial charge in [-0.05, 0) is 58.6 Å². The van der Waals surface area contributed by atoms with Crippen LogP contribution in [-0.2, 0) is 0 Å². The number of nitrogens with zero attached hydrogens (tertiary/aromatic N) is 5. The Kier molecular flexibility index (Phi) is 8.43. The van der Waals surface area contributed by atoms with Gasteiger partial charge in [-0.3, -0.25) is 4.99 Å². The Bertz CT molecular complexity index is 644. The predicted molar refractivity (Wildman–Crippen MR) is 121 cm³/mol. The van der Waals surface area contributed by atoms with Crippen molar-refractivity contribution in [2.75, 3.05) is 83.9 Å². The summed E-state index contributed by atoms with van der Waals surface area (Å²) in [5.74, 6) is 1.39. The number of piperazine rings is 1. The van der Waals surface area contributed by atoms with Gasteiger partial charge < -0.3 is 30.0 Å². The summed E-state index contributed by atoms with van der Waals surface area (Å²) in [5, 5.41) is 13.6. The Morgan fingerprint density at radius 1 is 1.03 bits per heavy atom. The van der Waals surface area contributed by atoms with Crippen LogP contribution in [-0.4, -0.2) is 105 Å². The minimum Gasteiger partial charge on any atom is -0.506 e. The Morgan fingerprint density at radius 3 is 2.59 bits per heavy atom. The first-order chi connectivity index (χ1) is 14.2. The zero-order valence-electron chi connectivity index (χ0n) is 18.2. The van der Waals surface area contributed by atoms with Crippen molar-refractivity contribution >= 4 is 11.6 Å². The van der Waals surface area contributed by atoms with E-state index in [0.717, 1.165) is 63.9 Å². The lowest BCUT2D eigenvalue weighted by atomic mass is 10.2. The fourth-order valence-corrected chi connectivity index (χ4v) is 4.12. The van der Waals surface area contributed by atoms with Gasteiger partial charge in [-0.1, -0.05) is 12.1 Å². The van der Waals surface area contributed by atoms with Crippen LogP contribution in [0.25, 0.3) is 0 Å². The van der Waals surface area contributed by atoms with E-state index in [-0.39, 0.29) is 0 Å². The van der Waals surface area contributed by atoms with Crippen LogP contribution < -0.4 is 10.2 Å². The number of hydrogen-bond donors (Lipinski definition) is 2. The standard InChI is InChI=1S/C22H38N6O/c1-3-23-22(24-10-6-12-26-13-7-11-25(2)14-15-26)28-18-16-27(17-19-28)20-8-4-5-9-21(20)29/h4-5,8-9,29H,3,6-7,10-19H2,1-2H3,(H,23,24). The van der Waals surface area contributed by atoms with E-state index in [0.29, 0.717) is 5.75 Å². The van der Waals surface area contributed by atoms with E-state index in [2.05, 4.69) is 38.9 Å². The Balaban J connectivity index is 1.46. The molecule has 0 spiro atoms. The largest absolute Gasteiger partial charge is 0.506 e. The molecule has 162 valence electrons. The van der Waals surface area contributed by atoms with Crippen molar-refractivity contribution in [1.29, 1.82) is 0 Å². The lowest BCUT2D eigenvalue weighted by Gasteiger charge is -2.37. The molecule has 0 atom stereocenters. The van der Waals surface area contributed by atoms with E-state index < -0.39 is 0 Å². The number of rotatable bonds is 6. The quantitative estimate of drug-likeness (QED) is 0.427. The molecule has 2 aliphatic rings. The Morgan fingerprint density at radius 2 is 1.83 bits per heavy atom. The maximum Gasteiger partial charge on any atom is 0.194 e. The molecule has 7 heteroatoms. The first-order valence-electron chi connectivity index (χ1n) is 11.1. The number of likely N-dealkylation sites (N-methyl/N-ethyl adjacent to an activating group) is 1. The summed E-state index contributed by atoms with van der Waals surface area (Å²) in [7, 11) is 2.22. The molecule has 7 nitrogen and oxygen atoms in total. The van der Waals surface area contributed by atoms with Gasteiger partial charge in [0.05, 0.1) is 5.69 Å². The normalized spacial score (nSPS) is 20.0. The molecule has 2 saturated heterocycles. The number of guanidine groups is 1. The molecule has 2 N–H and O–H groups in total. The predicted octanol–water partition coefficient (Wildman–Crippen LogP) is 1.51. The second-order valence-electron chi connectivity index (χ2n) is 8.05. The topological polar surface area (TPSA) is 57.6 Å². The van der Waals surface area contributed by atoms with Gasteiger partial charge in [-0.2, -0.15) is 0 Å². The molecule has 0 bridgehead atoms. The number of anilines is 1. The second-order valence-corrected chi connectivity index (χ2v) is 8.05. The molecular weight excluding hydrogens is 364 g/mol. The molecule has 0 saturated carbocycles. The molecule has 3 rings (SSSR count). The van der Waals surface area contributed by atoms with E-state index in [9.17, 15) is 5.11 Å². The molecule has 2 heterocycles. The van der Waals surface area contributed by atoms with Crippen molar-refractivity contribution in [2.24, 2.45) is 4.99 Å². The van der Waals surface area contributed by atoms with Gasteiger partial charge >= 0.3 is 0 Å². The molecule has 0 radical (unpaired) electrons. The van der Waals surface area contributed by atoms with Gasteiger partial charge in [0.1, 0.15) is 5.75 Å². The first kappa shape index (κ1) is 21.7. The second kappa shape index (κ2) is 11.3. The summed E-state index contributed by atoms with van der Waals surface area (Å²) in [6, 6.07) is 7.60. The number of hydrogen-bond acceptors (Lipinski definition) is 5. The maximum atomic E-state index is 10.1. The molecular formula is C22H38N6O. The fraction of sp³-hybridized carbons (Fsp3) is 0.682. The van der Waals surface area contributed by atoms with E-state index in [1.54, 1.807) is 6.07 Å². The molecule has 29 heavy (non-hydrogen) atoms. The molecule has 0 unspecified atom stereocenters. The molecule has 2 aliphatic heterocycles. The highest BCUT2D eigenvalue weighted by molar-refractivity contribution is 5.80. The smallest absolute Gasteiger partial charge is 0.194 e. The van der Waals surface area contributed by atoms with Gasteiger partial charge in [-0.25, -0.2) is 0 Å². The number of phenolic OH excluding ortho intramolecular Hbond substituents is 1. The summed E-state index contributed by atoms with van der Waals surface area (Å²) in [6.07, 6.45) is 2.38. The number of nitrogens with one attached hydrogen (secondary N) is 1. The third kappa shape index (κ3) is 6.51. The molecule has 0 aliphatic carbocycles. The van der Waals surface area contributed by atoms with Crippen LogP contribution in [0.3, 0.4) is 0 Å². The van der Waals surface area contributed by atoms with E-state index in [4.69, 9.17) is 4.99 Å². The van der Waals surface area contributed by atoms with Gasteiger partial charge in [0, 0.05) is 52.4 Å². The third-order valence-corrected chi connectivity index (χ3v) is 5.84. The van der Waals surface area contributed by atoms with Crippen molar-refractivity contribution in [3.05, 3.63) is 24.3 Å². The van der Waals surface area contributed by atoms with Crippen molar-refractivity contribution in [3.8, 4) is 5.75 Å². The first-order valence-corrected chi connectivity index (χ1v) is 11.1. The van der Waals surface area contributed by atoms with Crippen molar-refractivity contribution in [2.45, 2.75) is 19.8 Å². The summed E-state index contributed by atoms with van der Waals surface area (Å²) in [5.41, 5.74) is 0.928. The van der Waals surface area contributed by atoms with Gasteiger partial charge in [-0.15, -0.1) is 0 Å². The molecule has 0 aromatic heterocycles. The summed E-state index contributed by atoms with van der Waals surface area (Å²) in [6.45, 7) is 13.4. The van der Waals surface area contributed by atoms with Crippen LogP contribution in [0, 0.1) is 0 Å². The fourth-order valence-electron chi connectivity index (χ4n) is 4.12. The molecule has 2 fully saturated rings. The van der Waals surface area contributed by atoms with Crippen LogP contribution in [0.4, 0.5) is 5.69 Å². The summed E-state index contributed by atoms with van der Waals surface area (Å²) in [4.78, 5) is 14.5. The number of phenols is 1. The minimum atomic E-state index is 0.362. The van der Waals surface area contributed by atoms with Crippen LogP contribution in [0.5, 0.6) is 5.75 Å². The van der Waals surface area contributed by atoms with E-state index in [1.807, 2.05) is 18.2 Å². The lowest BCUT2D eigenvalue weighted by Crippen LogP contribution is -2.52. The highest BCUT2D eigenvalue weighted by Gasteiger charge is 2.21. The molecule has 1 aromatic rings. The summed E-state index contributed by atoms with van der Waals surface area (Å²) >= 11 is 0. The summed E-state index contributed by atoms with van der Waals surface area (Å²) < 4.78 is 0. The average molecular weight is 403 g/mol. The highest BCUT2D eigenvalue weighted by Crippen LogP contribution is 2.27. The van der Waals surface area contributed by atoms with Crippen molar-refractivity contribution < 1.29 is 5.11 Å². The number of para-hydroxylation sites is 2. The Hall–Kier alpha value is -1.99. The van der Waals surface area contributed by atoms with Gasteiger partial charge in [0.15, 0.2) is 5.96 Å². The third-order valence-electron chi connectivity index (χ3n) is 5.84. The van der Waals surface area contributed by atoms with Crippen LogP contribution in [0.15, 0.2) is 29.3 Å². The Labute approximate surface area is 176 Å². The van der Waals surface area contributed by atoms with Crippen molar-refractivity contribution in [3.63, 3.8) is 0 Å². The maximum absolute atomic E-state index is 10.1. The van der Waals surface area contributed by atoms with Crippen LogP contribution in [0.2, 0.25) is 0 Å². The average Bonchev–Trinajstić information content (AvgIpc) is 2.95. The van der Waals surface area contributed by atoms with Gasteiger partial charge in [0.2, 0.25) is 0 Å². The van der Waals surface area contributed by atoms with Crippen LogP contribution in [0.1, 0.15) is 19.8 Å². The van der Waals surface area contributed by atoms with Crippen LogP contribution >= 0.6 is 0 Å². The lowest BCUT2D eigenvalue weighted by molar-refractivity contribution is 0.274. The molecule has 1 aromatic carbocycles. The zero-order valence-corrected chi connectivity index (χ0v) is 18.2.